The van der Waals surface area contributed by atoms with Gasteiger partial charge in [0, 0.05) is 13.2 Å². The number of aromatic nitrogens is 4. The van der Waals surface area contributed by atoms with Crippen LogP contribution in [0.15, 0.2) is 12.7 Å². The third-order valence-electron chi connectivity index (χ3n) is 6.26. The zero-order valence-corrected chi connectivity index (χ0v) is 18.4. The summed E-state index contributed by atoms with van der Waals surface area (Å²) in [5, 5.41) is 27.8. The molecule has 2 aromatic rings. The number of aliphatic hydroxyl groups excluding tert-OH is 2. The summed E-state index contributed by atoms with van der Waals surface area (Å²) in [6.07, 6.45) is 4.57. The van der Waals surface area contributed by atoms with Gasteiger partial charge in [-0.1, -0.05) is 0 Å². The van der Waals surface area contributed by atoms with Crippen molar-refractivity contribution in [2.45, 2.75) is 68.8 Å². The first-order chi connectivity index (χ1) is 15.6. The van der Waals surface area contributed by atoms with Gasteiger partial charge in [-0.2, -0.15) is 0 Å². The molecule has 0 bridgehead atoms. The maximum absolute atomic E-state index is 10.7. The van der Waals surface area contributed by atoms with Crippen LogP contribution in [0.4, 0.5) is 5.82 Å². The minimum Gasteiger partial charge on any atom is -0.468 e. The Morgan fingerprint density at radius 2 is 2.03 bits per heavy atom. The van der Waals surface area contributed by atoms with Crippen molar-refractivity contribution in [2.75, 3.05) is 25.1 Å². The molecule has 1 aliphatic carbocycles. The quantitative estimate of drug-likeness (QED) is 0.444. The highest BCUT2D eigenvalue weighted by Crippen LogP contribution is 2.32. The van der Waals surface area contributed by atoms with Crippen LogP contribution < -0.4 is 10.6 Å². The van der Waals surface area contributed by atoms with Crippen LogP contribution in [0, 0.1) is 0 Å². The van der Waals surface area contributed by atoms with Crippen LogP contribution in [-0.2, 0) is 14.2 Å². The summed E-state index contributed by atoms with van der Waals surface area (Å²) in [5.74, 6) is 0.602. The van der Waals surface area contributed by atoms with Gasteiger partial charge >= 0.3 is 0 Å². The van der Waals surface area contributed by atoms with Crippen molar-refractivity contribution in [1.29, 1.82) is 0 Å². The molecule has 0 radical (unpaired) electrons. The monoisotopic (exact) mass is 464 g/mol. The largest absolute Gasteiger partial charge is 0.468 e. The lowest BCUT2D eigenvalue weighted by Crippen LogP contribution is -2.40. The van der Waals surface area contributed by atoms with E-state index in [1.807, 2.05) is 0 Å². The van der Waals surface area contributed by atoms with Crippen LogP contribution in [0.25, 0.3) is 11.2 Å². The van der Waals surface area contributed by atoms with Crippen LogP contribution >= 0.6 is 12.2 Å². The van der Waals surface area contributed by atoms with E-state index in [1.165, 1.54) is 6.33 Å². The van der Waals surface area contributed by atoms with Gasteiger partial charge in [-0.25, -0.2) is 15.0 Å². The molecular formula is C20H28N6O5S. The van der Waals surface area contributed by atoms with E-state index in [1.54, 1.807) is 10.9 Å². The number of nitrogens with zero attached hydrogens (tertiary/aromatic N) is 4. The summed E-state index contributed by atoms with van der Waals surface area (Å²) in [6, 6.07) is 0.166. The Morgan fingerprint density at radius 3 is 2.81 bits per heavy atom. The normalized spacial score (nSPS) is 30.8. The van der Waals surface area contributed by atoms with Crippen LogP contribution in [0.1, 0.15) is 38.3 Å². The Bertz CT molecular complexity index is 948. The molecule has 12 heteroatoms. The van der Waals surface area contributed by atoms with Gasteiger partial charge in [-0.15, -0.1) is 0 Å². The highest BCUT2D eigenvalue weighted by atomic mass is 32.1. The van der Waals surface area contributed by atoms with Gasteiger partial charge in [0.1, 0.15) is 30.7 Å². The highest BCUT2D eigenvalue weighted by molar-refractivity contribution is 7.80. The third kappa shape index (κ3) is 4.37. The van der Waals surface area contributed by atoms with Crippen molar-refractivity contribution < 1.29 is 24.4 Å². The number of aliphatic hydroxyl groups is 2. The molecule has 11 nitrogen and oxygen atoms in total. The van der Waals surface area contributed by atoms with E-state index < -0.39 is 24.5 Å². The molecule has 2 aromatic heterocycles. The van der Waals surface area contributed by atoms with Gasteiger partial charge in [-0.05, 0) is 44.3 Å². The summed E-state index contributed by atoms with van der Waals surface area (Å²) in [5.41, 5.74) is 1.07. The van der Waals surface area contributed by atoms with Gasteiger partial charge in [0.2, 0.25) is 0 Å². The molecule has 4 N–H and O–H groups in total. The van der Waals surface area contributed by atoms with E-state index in [9.17, 15) is 10.2 Å². The molecule has 174 valence electrons. The lowest BCUT2D eigenvalue weighted by molar-refractivity contribution is -0.0335. The second-order valence-corrected chi connectivity index (χ2v) is 8.86. The van der Waals surface area contributed by atoms with Crippen LogP contribution in [-0.4, -0.2) is 85.1 Å². The topological polar surface area (TPSA) is 136 Å². The van der Waals surface area contributed by atoms with Gasteiger partial charge in [0.15, 0.2) is 23.2 Å². The van der Waals surface area contributed by atoms with Crippen molar-refractivity contribution in [3.05, 3.63) is 12.7 Å². The van der Waals surface area contributed by atoms with Crippen molar-refractivity contribution in [2.24, 2.45) is 0 Å². The number of thiocarbonyl (C=S) groups is 1. The lowest BCUT2D eigenvalue weighted by atomic mass is 10.1. The standard InChI is InChI=1S/C20H28N6O5S/c27-15-13(7-21-20(32)30-12-3-1-2-4-12)31-19(16(15)28)26-10-24-14-17(22-9-23-18(14)26)25-11-5-6-29-8-11/h9-13,15-16,19,27-28H,1-8H2,(H,21,32)(H,22,23,25)/t11-,13?,15?,16?,19?/m1/s1. The highest BCUT2D eigenvalue weighted by Gasteiger charge is 2.44. The van der Waals surface area contributed by atoms with Gasteiger partial charge in [0.25, 0.3) is 5.17 Å². The number of nitrogens with one attached hydrogen (secondary N) is 2. The molecule has 3 fully saturated rings. The molecule has 4 heterocycles. The van der Waals surface area contributed by atoms with Gasteiger partial charge < -0.3 is 35.1 Å². The fraction of sp³-hybridized carbons (Fsp3) is 0.700. The second kappa shape index (κ2) is 9.40. The number of anilines is 1. The molecule has 0 amide bonds. The number of hydrogen-bond acceptors (Lipinski definition) is 10. The smallest absolute Gasteiger partial charge is 0.256 e. The zero-order valence-electron chi connectivity index (χ0n) is 17.6. The molecule has 1 saturated carbocycles. The van der Waals surface area contributed by atoms with Crippen molar-refractivity contribution in [3.63, 3.8) is 0 Å². The van der Waals surface area contributed by atoms with Crippen molar-refractivity contribution in [1.82, 2.24) is 24.8 Å². The summed E-state index contributed by atoms with van der Waals surface area (Å²) in [6.45, 7) is 1.55. The second-order valence-electron chi connectivity index (χ2n) is 8.49. The molecule has 2 aliphatic heterocycles. The summed E-state index contributed by atoms with van der Waals surface area (Å²) in [7, 11) is 0. The van der Waals surface area contributed by atoms with E-state index in [4.69, 9.17) is 26.4 Å². The van der Waals surface area contributed by atoms with Crippen molar-refractivity contribution >= 4 is 34.4 Å². The van der Waals surface area contributed by atoms with Crippen LogP contribution in [0.5, 0.6) is 0 Å². The Kier molecular flexibility index (Phi) is 6.37. The Labute approximate surface area is 190 Å². The first-order valence-electron chi connectivity index (χ1n) is 11.1. The molecule has 0 spiro atoms. The fourth-order valence-corrected chi connectivity index (χ4v) is 4.72. The van der Waals surface area contributed by atoms with E-state index in [0.717, 1.165) is 32.1 Å². The zero-order chi connectivity index (χ0) is 22.1. The lowest BCUT2D eigenvalue weighted by Gasteiger charge is -2.19. The molecular weight excluding hydrogens is 436 g/mol. The number of imidazole rings is 1. The van der Waals surface area contributed by atoms with Gasteiger partial charge in [-0.3, -0.25) is 4.57 Å². The van der Waals surface area contributed by atoms with Crippen molar-refractivity contribution in [3.8, 4) is 0 Å². The Hall–Kier alpha value is -2.12. The minimum atomic E-state index is -1.15. The average Bonchev–Trinajstić information content (AvgIpc) is 3.58. The number of rotatable bonds is 6. The maximum Gasteiger partial charge on any atom is 0.256 e. The van der Waals surface area contributed by atoms with Crippen LogP contribution in [0.3, 0.4) is 0 Å². The fourth-order valence-electron chi connectivity index (χ4n) is 4.50. The van der Waals surface area contributed by atoms with Crippen LogP contribution in [0.2, 0.25) is 0 Å². The van der Waals surface area contributed by atoms with Gasteiger partial charge in [0.05, 0.1) is 19.0 Å². The number of fused-ring (bicyclic) bond motifs is 1. The molecule has 5 atom stereocenters. The van der Waals surface area contributed by atoms with E-state index in [0.29, 0.717) is 30.2 Å². The summed E-state index contributed by atoms with van der Waals surface area (Å²) in [4.78, 5) is 13.1. The third-order valence-corrected chi connectivity index (χ3v) is 6.50. The summed E-state index contributed by atoms with van der Waals surface area (Å²) >= 11 is 5.26. The number of ether oxygens (including phenoxy) is 3. The predicted molar refractivity (Wildman–Crippen MR) is 118 cm³/mol. The Morgan fingerprint density at radius 1 is 1.19 bits per heavy atom. The number of hydrogen-bond donors (Lipinski definition) is 4. The SMILES string of the molecule is OC1C(CNC(=S)OC2CCCC2)OC(n2cnc3c(N[C@@H]4CCOC4)ncnc32)C1O. The first-order valence-corrected chi connectivity index (χ1v) is 11.5. The molecule has 2 saturated heterocycles. The maximum atomic E-state index is 10.7. The predicted octanol–water partition coefficient (Wildman–Crippen LogP) is 0.480. The Balaban J connectivity index is 1.25. The molecule has 5 rings (SSSR count). The molecule has 32 heavy (non-hydrogen) atoms. The minimum absolute atomic E-state index is 0.151. The average molecular weight is 465 g/mol. The van der Waals surface area contributed by atoms with E-state index in [2.05, 4.69) is 25.6 Å². The molecule has 0 aromatic carbocycles. The summed E-state index contributed by atoms with van der Waals surface area (Å²) < 4.78 is 18.7. The first kappa shape index (κ1) is 21.7. The molecule has 3 aliphatic rings. The molecule has 4 unspecified atom stereocenters. The van der Waals surface area contributed by atoms with E-state index >= 15 is 0 Å². The van der Waals surface area contributed by atoms with E-state index in [-0.39, 0.29) is 23.9 Å².